The van der Waals surface area contributed by atoms with E-state index < -0.39 is 12.2 Å². The van der Waals surface area contributed by atoms with Crippen molar-refractivity contribution in [1.29, 1.82) is 0 Å². The van der Waals surface area contributed by atoms with Crippen molar-refractivity contribution in [2.45, 2.75) is 51.7 Å². The highest BCUT2D eigenvalue weighted by atomic mass is 19.3. The lowest BCUT2D eigenvalue weighted by molar-refractivity contribution is -0.0721. The molecule has 2 rings (SSSR count). The normalized spacial score (nSPS) is 21.6. The lowest BCUT2D eigenvalue weighted by atomic mass is 10.0. The van der Waals surface area contributed by atoms with E-state index in [9.17, 15) is 8.78 Å². The fraction of sp³-hybridized carbons (Fsp3) is 0.600. The second kappa shape index (κ2) is 5.76. The Hall–Kier alpha value is -1.32. The molecule has 0 spiro atoms. The Kier molecular flexibility index (Phi) is 4.27. The fourth-order valence-corrected chi connectivity index (χ4v) is 2.64. The van der Waals surface area contributed by atoms with Crippen LogP contribution < -0.4 is 9.64 Å². The van der Waals surface area contributed by atoms with Gasteiger partial charge >= 0.3 is 0 Å². The number of fused-ring (bicyclic) bond motifs is 1. The number of ether oxygens (including phenoxy) is 1. The molecule has 0 N–H and O–H groups in total. The molecular weight excluding hydrogens is 248 g/mol. The highest BCUT2D eigenvalue weighted by Gasteiger charge is 2.52. The Morgan fingerprint density at radius 1 is 1.21 bits per heavy atom. The molecule has 4 heteroatoms. The summed E-state index contributed by atoms with van der Waals surface area (Å²) in [6.45, 7) is 4.59. The minimum absolute atomic E-state index is 0.357. The summed E-state index contributed by atoms with van der Waals surface area (Å²) < 4.78 is 33.1. The van der Waals surface area contributed by atoms with Crippen molar-refractivity contribution in [3.63, 3.8) is 0 Å². The van der Waals surface area contributed by atoms with Crippen LogP contribution >= 0.6 is 0 Å². The van der Waals surface area contributed by atoms with Crippen LogP contribution in [0, 0.1) is 0 Å². The van der Waals surface area contributed by atoms with Crippen LogP contribution in [-0.4, -0.2) is 18.7 Å². The summed E-state index contributed by atoms with van der Waals surface area (Å²) >= 11 is 0. The van der Waals surface area contributed by atoms with E-state index in [4.69, 9.17) is 4.74 Å². The topological polar surface area (TPSA) is 12.5 Å². The smallest absolute Gasteiger partial charge is 0.296 e. The van der Waals surface area contributed by atoms with Crippen molar-refractivity contribution < 1.29 is 13.5 Å². The van der Waals surface area contributed by atoms with Crippen molar-refractivity contribution in [3.8, 4) is 5.75 Å². The quantitative estimate of drug-likeness (QED) is 0.756. The number of nitrogens with zero attached hydrogens (tertiary/aromatic N) is 1. The van der Waals surface area contributed by atoms with E-state index in [1.165, 1.54) is 0 Å². The van der Waals surface area contributed by atoms with Gasteiger partial charge in [-0.1, -0.05) is 32.4 Å². The molecule has 1 heterocycles. The molecule has 0 fully saturated rings. The average molecular weight is 269 g/mol. The standard InChI is InChI=1S/C15H21F2NO/c1-3-5-10-15(14(16)17)18(11-4-2)12-8-6-7-9-13(12)19-15/h6-9,14H,3-5,10-11H2,1-2H3. The number of rotatable bonds is 6. The van der Waals surface area contributed by atoms with Crippen LogP contribution in [0.25, 0.3) is 0 Å². The summed E-state index contributed by atoms with van der Waals surface area (Å²) in [5, 5.41) is 0. The highest BCUT2D eigenvalue weighted by molar-refractivity contribution is 5.64. The Morgan fingerprint density at radius 3 is 2.58 bits per heavy atom. The molecule has 0 aromatic heterocycles. The van der Waals surface area contributed by atoms with Crippen LogP contribution in [0.15, 0.2) is 24.3 Å². The zero-order valence-electron chi connectivity index (χ0n) is 11.5. The van der Waals surface area contributed by atoms with Crippen LogP contribution in [0.4, 0.5) is 14.5 Å². The number of para-hydroxylation sites is 2. The summed E-state index contributed by atoms with van der Waals surface area (Å²) in [4.78, 5) is 1.75. The van der Waals surface area contributed by atoms with Crippen LogP contribution in [0.5, 0.6) is 5.75 Å². The van der Waals surface area contributed by atoms with Gasteiger partial charge in [-0.25, -0.2) is 8.78 Å². The average Bonchev–Trinajstić information content (AvgIpc) is 2.73. The number of anilines is 1. The monoisotopic (exact) mass is 269 g/mol. The van der Waals surface area contributed by atoms with E-state index in [0.29, 0.717) is 18.7 Å². The number of hydrogen-bond acceptors (Lipinski definition) is 2. The number of halogens is 2. The van der Waals surface area contributed by atoms with E-state index in [0.717, 1.165) is 24.9 Å². The second-order valence-electron chi connectivity index (χ2n) is 4.97. The van der Waals surface area contributed by atoms with Crippen molar-refractivity contribution in [1.82, 2.24) is 0 Å². The molecule has 2 nitrogen and oxygen atoms in total. The zero-order chi connectivity index (χ0) is 13.9. The molecule has 19 heavy (non-hydrogen) atoms. The summed E-state index contributed by atoms with van der Waals surface area (Å²) in [5.74, 6) is 0.576. The van der Waals surface area contributed by atoms with E-state index in [-0.39, 0.29) is 0 Å². The Morgan fingerprint density at radius 2 is 1.95 bits per heavy atom. The van der Waals surface area contributed by atoms with Gasteiger partial charge in [-0.15, -0.1) is 0 Å². The van der Waals surface area contributed by atoms with Gasteiger partial charge in [-0.3, -0.25) is 0 Å². The maximum atomic E-state index is 13.7. The van der Waals surface area contributed by atoms with Gasteiger partial charge in [0.1, 0.15) is 5.75 Å². The molecule has 0 saturated carbocycles. The zero-order valence-corrected chi connectivity index (χ0v) is 11.5. The summed E-state index contributed by atoms with van der Waals surface area (Å²) in [6.07, 6.45) is 0.277. The third-order valence-electron chi connectivity index (χ3n) is 3.58. The third kappa shape index (κ3) is 2.40. The van der Waals surface area contributed by atoms with Crippen LogP contribution in [0.2, 0.25) is 0 Å². The van der Waals surface area contributed by atoms with Gasteiger partial charge in [-0.2, -0.15) is 0 Å². The van der Waals surface area contributed by atoms with Crippen molar-refractivity contribution in [2.24, 2.45) is 0 Å². The van der Waals surface area contributed by atoms with Crippen molar-refractivity contribution >= 4 is 5.69 Å². The summed E-state index contributed by atoms with van der Waals surface area (Å²) in [7, 11) is 0. The molecular formula is C15H21F2NO. The minimum atomic E-state index is -2.52. The second-order valence-corrected chi connectivity index (χ2v) is 4.97. The van der Waals surface area contributed by atoms with Gasteiger partial charge < -0.3 is 9.64 Å². The van der Waals surface area contributed by atoms with Crippen molar-refractivity contribution in [2.75, 3.05) is 11.4 Å². The molecule has 0 saturated heterocycles. The van der Waals surface area contributed by atoms with Gasteiger partial charge in [0.2, 0.25) is 5.72 Å². The molecule has 1 atom stereocenters. The maximum Gasteiger partial charge on any atom is 0.296 e. The SMILES string of the molecule is CCCCC1(C(F)F)Oc2ccccc2N1CCC. The summed E-state index contributed by atoms with van der Waals surface area (Å²) in [6, 6.07) is 7.33. The largest absolute Gasteiger partial charge is 0.460 e. The molecule has 1 aromatic rings. The molecule has 0 radical (unpaired) electrons. The lowest BCUT2D eigenvalue weighted by Gasteiger charge is -2.37. The van der Waals surface area contributed by atoms with E-state index in [1.807, 2.05) is 32.0 Å². The Labute approximate surface area is 113 Å². The van der Waals surface area contributed by atoms with Gasteiger partial charge in [0, 0.05) is 13.0 Å². The molecule has 1 aliphatic heterocycles. The van der Waals surface area contributed by atoms with E-state index in [2.05, 4.69) is 0 Å². The van der Waals surface area contributed by atoms with Crippen molar-refractivity contribution in [3.05, 3.63) is 24.3 Å². The number of hydrogen-bond donors (Lipinski definition) is 0. The predicted molar refractivity (Wildman–Crippen MR) is 73.0 cm³/mol. The molecule has 0 amide bonds. The first-order chi connectivity index (χ1) is 9.15. The molecule has 1 aliphatic rings. The Bertz CT molecular complexity index is 424. The third-order valence-corrected chi connectivity index (χ3v) is 3.58. The Balaban J connectivity index is 2.37. The fourth-order valence-electron chi connectivity index (χ4n) is 2.64. The van der Waals surface area contributed by atoms with Crippen LogP contribution in [0.3, 0.4) is 0 Å². The number of benzene rings is 1. The lowest BCUT2D eigenvalue weighted by Crippen LogP contribution is -2.55. The first-order valence-electron chi connectivity index (χ1n) is 6.99. The number of unbranched alkanes of at least 4 members (excludes halogenated alkanes) is 1. The highest BCUT2D eigenvalue weighted by Crippen LogP contribution is 2.46. The van der Waals surface area contributed by atoms with Gasteiger partial charge in [-0.05, 0) is 25.0 Å². The summed E-state index contributed by atoms with van der Waals surface area (Å²) in [5.41, 5.74) is -0.684. The van der Waals surface area contributed by atoms with Crippen LogP contribution in [-0.2, 0) is 0 Å². The minimum Gasteiger partial charge on any atom is -0.460 e. The first-order valence-corrected chi connectivity index (χ1v) is 6.99. The van der Waals surface area contributed by atoms with E-state index >= 15 is 0 Å². The van der Waals surface area contributed by atoms with Gasteiger partial charge in [0.15, 0.2) is 0 Å². The van der Waals surface area contributed by atoms with Gasteiger partial charge in [0.25, 0.3) is 6.43 Å². The number of alkyl halides is 2. The predicted octanol–water partition coefficient (Wildman–Crippen LogP) is 4.45. The van der Waals surface area contributed by atoms with E-state index in [1.54, 1.807) is 11.0 Å². The molecule has 1 aromatic carbocycles. The molecule has 106 valence electrons. The molecule has 0 bridgehead atoms. The molecule has 1 unspecified atom stereocenters. The van der Waals surface area contributed by atoms with Gasteiger partial charge in [0.05, 0.1) is 5.69 Å². The maximum absolute atomic E-state index is 13.7. The van der Waals surface area contributed by atoms with Crippen LogP contribution in [0.1, 0.15) is 39.5 Å². The first kappa shape index (κ1) is 14.1. The molecule has 0 aliphatic carbocycles.